The molecule has 3 rings (SSSR count). The number of aromatic hydroxyl groups is 1. The molecule has 0 atom stereocenters. The molecule has 8 nitrogen and oxygen atoms in total. The highest BCUT2D eigenvalue weighted by Crippen LogP contribution is 2.31. The average molecular weight is 438 g/mol. The quantitative estimate of drug-likeness (QED) is 0.587. The summed E-state index contributed by atoms with van der Waals surface area (Å²) in [5.41, 5.74) is 1.55. The predicted octanol–water partition coefficient (Wildman–Crippen LogP) is 3.71. The zero-order valence-corrected chi connectivity index (χ0v) is 17.2. The van der Waals surface area contributed by atoms with E-state index in [2.05, 4.69) is 5.32 Å². The second-order valence-electron chi connectivity index (χ2n) is 6.65. The van der Waals surface area contributed by atoms with E-state index in [9.17, 15) is 24.3 Å². The largest absolute Gasteiger partial charge is 0.507 e. The number of anilines is 1. The number of carboxylic acids is 1. The lowest BCUT2D eigenvalue weighted by Gasteiger charge is -2.13. The zero-order chi connectivity index (χ0) is 22.5. The third kappa shape index (κ3) is 5.40. The van der Waals surface area contributed by atoms with Gasteiger partial charge in [0.15, 0.2) is 0 Å². The Bertz CT molecular complexity index is 1120. The number of rotatable bonds is 6. The van der Waals surface area contributed by atoms with E-state index in [-0.39, 0.29) is 16.2 Å². The van der Waals surface area contributed by atoms with Crippen LogP contribution in [-0.4, -0.2) is 44.7 Å². The molecule has 0 unspecified atom stereocenters. The van der Waals surface area contributed by atoms with Crippen LogP contribution in [0.25, 0.3) is 6.08 Å². The van der Waals surface area contributed by atoms with E-state index in [1.165, 1.54) is 6.07 Å². The van der Waals surface area contributed by atoms with Crippen LogP contribution in [0.2, 0.25) is 0 Å². The van der Waals surface area contributed by atoms with Crippen LogP contribution in [0.4, 0.5) is 10.5 Å². The zero-order valence-electron chi connectivity index (χ0n) is 16.4. The monoisotopic (exact) mass is 438 g/mol. The number of hydrogen-bond donors (Lipinski definition) is 3. The lowest BCUT2D eigenvalue weighted by atomic mass is 10.1. The molecule has 2 aromatic carbocycles. The average Bonchev–Trinajstić information content (AvgIpc) is 2.95. The molecule has 9 heteroatoms. The van der Waals surface area contributed by atoms with Gasteiger partial charge in [0, 0.05) is 11.8 Å². The SMILES string of the molecule is CC(/C=C1\SC(=O)N(CC(=O)Nc2ccc(C(=O)O)c(O)c2)C1=O)=C\c1ccccc1. The molecule has 0 aliphatic carbocycles. The molecule has 0 radical (unpaired) electrons. The molecule has 0 saturated carbocycles. The fourth-order valence-electron chi connectivity index (χ4n) is 2.83. The van der Waals surface area contributed by atoms with Crippen molar-refractivity contribution in [3.63, 3.8) is 0 Å². The summed E-state index contributed by atoms with van der Waals surface area (Å²) in [6.07, 6.45) is 3.46. The van der Waals surface area contributed by atoms with Crippen molar-refractivity contribution in [2.24, 2.45) is 0 Å². The molecule has 1 aliphatic rings. The predicted molar refractivity (Wildman–Crippen MR) is 117 cm³/mol. The van der Waals surface area contributed by atoms with Crippen LogP contribution in [0.5, 0.6) is 5.75 Å². The summed E-state index contributed by atoms with van der Waals surface area (Å²) >= 11 is 0.749. The van der Waals surface area contributed by atoms with Gasteiger partial charge < -0.3 is 15.5 Å². The van der Waals surface area contributed by atoms with E-state index < -0.39 is 35.3 Å². The number of carboxylic acid groups (broad SMARTS) is 1. The van der Waals surface area contributed by atoms with E-state index in [0.29, 0.717) is 0 Å². The lowest BCUT2D eigenvalue weighted by molar-refractivity contribution is -0.127. The molecule has 3 amide bonds. The highest BCUT2D eigenvalue weighted by Gasteiger charge is 2.36. The number of thioether (sulfide) groups is 1. The number of phenols is 1. The molecule has 0 aromatic heterocycles. The molecule has 3 N–H and O–H groups in total. The second-order valence-corrected chi connectivity index (χ2v) is 7.65. The third-order valence-corrected chi connectivity index (χ3v) is 5.15. The van der Waals surface area contributed by atoms with Gasteiger partial charge in [0.1, 0.15) is 17.9 Å². The Morgan fingerprint density at radius 3 is 2.48 bits per heavy atom. The summed E-state index contributed by atoms with van der Waals surface area (Å²) in [6, 6.07) is 13.0. The van der Waals surface area contributed by atoms with Crippen molar-refractivity contribution in [3.8, 4) is 5.75 Å². The number of benzene rings is 2. The first-order chi connectivity index (χ1) is 14.7. The minimum Gasteiger partial charge on any atom is -0.507 e. The Kier molecular flexibility index (Phi) is 6.56. The maximum Gasteiger partial charge on any atom is 0.339 e. The highest BCUT2D eigenvalue weighted by atomic mass is 32.2. The van der Waals surface area contributed by atoms with Crippen molar-refractivity contribution >= 4 is 46.5 Å². The van der Waals surface area contributed by atoms with Gasteiger partial charge in [0.2, 0.25) is 5.91 Å². The normalized spacial score (nSPS) is 15.5. The van der Waals surface area contributed by atoms with Crippen LogP contribution in [0.3, 0.4) is 0 Å². The molecule has 2 aromatic rings. The highest BCUT2D eigenvalue weighted by molar-refractivity contribution is 8.18. The van der Waals surface area contributed by atoms with Crippen LogP contribution >= 0.6 is 11.8 Å². The van der Waals surface area contributed by atoms with Crippen LogP contribution in [-0.2, 0) is 9.59 Å². The van der Waals surface area contributed by atoms with Crippen LogP contribution in [0.15, 0.2) is 65.1 Å². The van der Waals surface area contributed by atoms with Crippen molar-refractivity contribution < 1.29 is 29.4 Å². The number of nitrogens with one attached hydrogen (secondary N) is 1. The smallest absolute Gasteiger partial charge is 0.339 e. The summed E-state index contributed by atoms with van der Waals surface area (Å²) in [6.45, 7) is 1.30. The van der Waals surface area contributed by atoms with Gasteiger partial charge in [-0.25, -0.2) is 4.79 Å². The maximum absolute atomic E-state index is 12.6. The van der Waals surface area contributed by atoms with Crippen molar-refractivity contribution in [2.75, 3.05) is 11.9 Å². The Morgan fingerprint density at radius 1 is 1.13 bits per heavy atom. The fraction of sp³-hybridized carbons (Fsp3) is 0.0909. The summed E-state index contributed by atoms with van der Waals surface area (Å²) in [5, 5.41) is 20.5. The van der Waals surface area contributed by atoms with Crippen molar-refractivity contribution in [1.29, 1.82) is 0 Å². The number of aromatic carboxylic acids is 1. The Hall–Kier alpha value is -3.85. The fourth-order valence-corrected chi connectivity index (χ4v) is 3.72. The minimum absolute atomic E-state index is 0.136. The first-order valence-corrected chi connectivity index (χ1v) is 9.91. The molecule has 1 aliphatic heterocycles. The number of carbonyl (C=O) groups excluding carboxylic acids is 3. The Labute approximate surface area is 181 Å². The lowest BCUT2D eigenvalue weighted by Crippen LogP contribution is -2.36. The third-order valence-electron chi connectivity index (χ3n) is 4.24. The summed E-state index contributed by atoms with van der Waals surface area (Å²) in [5.74, 6) is -3.06. The molecule has 158 valence electrons. The molecule has 0 bridgehead atoms. The molecule has 0 spiro atoms. The standard InChI is InChI=1S/C22H18N2O6S/c1-13(9-14-5-3-2-4-6-14)10-18-20(27)24(22(30)31-18)12-19(26)23-15-7-8-16(21(28)29)17(25)11-15/h2-11,25H,12H2,1H3,(H,23,26)(H,28,29)/b13-9+,18-10-. The molecular formula is C22H18N2O6S. The van der Waals surface area contributed by atoms with E-state index in [4.69, 9.17) is 5.11 Å². The number of amides is 3. The van der Waals surface area contributed by atoms with Crippen LogP contribution in [0.1, 0.15) is 22.8 Å². The Morgan fingerprint density at radius 2 is 1.84 bits per heavy atom. The van der Waals surface area contributed by atoms with E-state index in [1.54, 1.807) is 13.0 Å². The number of carbonyl (C=O) groups is 4. The minimum atomic E-state index is -1.31. The molecular weight excluding hydrogens is 420 g/mol. The second kappa shape index (κ2) is 9.31. The van der Waals surface area contributed by atoms with E-state index >= 15 is 0 Å². The first kappa shape index (κ1) is 21.8. The van der Waals surface area contributed by atoms with Gasteiger partial charge in [0.25, 0.3) is 11.1 Å². The Balaban J connectivity index is 1.67. The molecule has 1 heterocycles. The van der Waals surface area contributed by atoms with Crippen LogP contribution < -0.4 is 5.32 Å². The molecule has 31 heavy (non-hydrogen) atoms. The first-order valence-electron chi connectivity index (χ1n) is 9.09. The molecule has 1 saturated heterocycles. The molecule has 1 fully saturated rings. The van der Waals surface area contributed by atoms with Gasteiger partial charge in [0.05, 0.1) is 4.91 Å². The number of imide groups is 1. The van der Waals surface area contributed by atoms with Gasteiger partial charge in [-0.2, -0.15) is 0 Å². The van der Waals surface area contributed by atoms with Gasteiger partial charge in [-0.15, -0.1) is 0 Å². The summed E-state index contributed by atoms with van der Waals surface area (Å²) in [4.78, 5) is 49.0. The van der Waals surface area contributed by atoms with Gasteiger partial charge in [-0.1, -0.05) is 36.4 Å². The van der Waals surface area contributed by atoms with Gasteiger partial charge >= 0.3 is 5.97 Å². The maximum atomic E-state index is 12.6. The van der Waals surface area contributed by atoms with Crippen LogP contribution in [0, 0.1) is 0 Å². The van der Waals surface area contributed by atoms with Gasteiger partial charge in [-0.05, 0) is 48.0 Å². The van der Waals surface area contributed by atoms with E-state index in [1.807, 2.05) is 36.4 Å². The topological polar surface area (TPSA) is 124 Å². The number of hydrogen-bond acceptors (Lipinski definition) is 6. The number of allylic oxidation sites excluding steroid dienone is 2. The van der Waals surface area contributed by atoms with Gasteiger partial charge in [-0.3, -0.25) is 19.3 Å². The van der Waals surface area contributed by atoms with E-state index in [0.717, 1.165) is 39.9 Å². The number of nitrogens with zero attached hydrogens (tertiary/aromatic N) is 1. The summed E-state index contributed by atoms with van der Waals surface area (Å²) in [7, 11) is 0. The van der Waals surface area contributed by atoms with Crippen molar-refractivity contribution in [3.05, 3.63) is 76.2 Å². The summed E-state index contributed by atoms with van der Waals surface area (Å²) < 4.78 is 0. The van der Waals surface area contributed by atoms with Crippen molar-refractivity contribution in [2.45, 2.75) is 6.92 Å². The van der Waals surface area contributed by atoms with Crippen molar-refractivity contribution in [1.82, 2.24) is 4.90 Å².